The molecule has 0 saturated heterocycles. The lowest BCUT2D eigenvalue weighted by Gasteiger charge is -2.28. The van der Waals surface area contributed by atoms with Crippen molar-refractivity contribution in [2.75, 3.05) is 23.3 Å². The van der Waals surface area contributed by atoms with Crippen molar-refractivity contribution >= 4 is 29.1 Å². The molecule has 0 fully saturated rings. The van der Waals surface area contributed by atoms with Crippen LogP contribution in [0.2, 0.25) is 0 Å². The molecule has 1 aromatic carbocycles. The molecule has 0 spiro atoms. The van der Waals surface area contributed by atoms with Gasteiger partial charge in [0.25, 0.3) is 0 Å². The SMILES string of the molecule is CCCNC(=O)C(=O)Nc1ccc2c(c1)CCCN2C(C)=O. The van der Waals surface area contributed by atoms with Crippen LogP contribution in [0, 0.1) is 0 Å². The highest BCUT2D eigenvalue weighted by Gasteiger charge is 2.21. The number of hydrogen-bond acceptors (Lipinski definition) is 3. The number of carbonyl (C=O) groups excluding carboxylic acids is 3. The predicted molar refractivity (Wildman–Crippen MR) is 84.7 cm³/mol. The smallest absolute Gasteiger partial charge is 0.313 e. The fourth-order valence-corrected chi connectivity index (χ4v) is 2.51. The average Bonchev–Trinajstić information content (AvgIpc) is 2.51. The number of benzene rings is 1. The zero-order valence-electron chi connectivity index (χ0n) is 12.9. The van der Waals surface area contributed by atoms with Gasteiger partial charge < -0.3 is 15.5 Å². The van der Waals surface area contributed by atoms with Gasteiger partial charge in [0.05, 0.1) is 0 Å². The molecule has 2 N–H and O–H groups in total. The van der Waals surface area contributed by atoms with Crippen molar-refractivity contribution in [1.82, 2.24) is 5.32 Å². The lowest BCUT2D eigenvalue weighted by atomic mass is 10.0. The molecule has 1 aromatic rings. The molecule has 0 unspecified atom stereocenters. The van der Waals surface area contributed by atoms with E-state index in [2.05, 4.69) is 10.6 Å². The summed E-state index contributed by atoms with van der Waals surface area (Å²) in [6.07, 6.45) is 2.52. The Morgan fingerprint density at radius 2 is 2.00 bits per heavy atom. The number of nitrogens with one attached hydrogen (secondary N) is 2. The maximum Gasteiger partial charge on any atom is 0.313 e. The zero-order valence-corrected chi connectivity index (χ0v) is 12.9. The number of fused-ring (bicyclic) bond motifs is 1. The molecule has 3 amide bonds. The maximum atomic E-state index is 11.8. The lowest BCUT2D eigenvalue weighted by Crippen LogP contribution is -2.36. The molecule has 0 bridgehead atoms. The van der Waals surface area contributed by atoms with Gasteiger partial charge in [-0.3, -0.25) is 14.4 Å². The van der Waals surface area contributed by atoms with Gasteiger partial charge in [0.2, 0.25) is 5.91 Å². The van der Waals surface area contributed by atoms with E-state index < -0.39 is 11.8 Å². The third kappa shape index (κ3) is 3.63. The molecule has 1 heterocycles. The Morgan fingerprint density at radius 3 is 2.68 bits per heavy atom. The number of nitrogens with zero attached hydrogens (tertiary/aromatic N) is 1. The molecule has 0 saturated carbocycles. The van der Waals surface area contributed by atoms with Crippen LogP contribution in [0.25, 0.3) is 0 Å². The fraction of sp³-hybridized carbons (Fsp3) is 0.438. The van der Waals surface area contributed by atoms with Crippen molar-refractivity contribution in [2.45, 2.75) is 33.1 Å². The van der Waals surface area contributed by atoms with E-state index in [1.54, 1.807) is 17.9 Å². The topological polar surface area (TPSA) is 78.5 Å². The van der Waals surface area contributed by atoms with E-state index in [0.717, 1.165) is 30.5 Å². The molecule has 6 nitrogen and oxygen atoms in total. The van der Waals surface area contributed by atoms with Crippen molar-refractivity contribution in [3.05, 3.63) is 23.8 Å². The molecule has 118 valence electrons. The maximum absolute atomic E-state index is 11.8. The van der Waals surface area contributed by atoms with Gasteiger partial charge in [-0.1, -0.05) is 6.92 Å². The third-order valence-electron chi connectivity index (χ3n) is 3.58. The molecular weight excluding hydrogens is 282 g/mol. The first kappa shape index (κ1) is 16.0. The second kappa shape index (κ2) is 7.06. The van der Waals surface area contributed by atoms with E-state index in [0.29, 0.717) is 18.8 Å². The summed E-state index contributed by atoms with van der Waals surface area (Å²) in [5, 5.41) is 5.12. The number of amides is 3. The van der Waals surface area contributed by atoms with Crippen LogP contribution >= 0.6 is 0 Å². The Bertz CT molecular complexity index is 598. The summed E-state index contributed by atoms with van der Waals surface area (Å²) in [6.45, 7) is 4.66. The minimum atomic E-state index is -0.673. The van der Waals surface area contributed by atoms with Crippen molar-refractivity contribution in [2.24, 2.45) is 0 Å². The highest BCUT2D eigenvalue weighted by Crippen LogP contribution is 2.29. The third-order valence-corrected chi connectivity index (χ3v) is 3.58. The van der Waals surface area contributed by atoms with E-state index in [-0.39, 0.29) is 5.91 Å². The molecular formula is C16H21N3O3. The first-order valence-electron chi connectivity index (χ1n) is 7.53. The quantitative estimate of drug-likeness (QED) is 0.830. The van der Waals surface area contributed by atoms with Crippen LogP contribution in [0.15, 0.2) is 18.2 Å². The highest BCUT2D eigenvalue weighted by atomic mass is 16.2. The number of aryl methyl sites for hydroxylation is 1. The summed E-state index contributed by atoms with van der Waals surface area (Å²) in [5.74, 6) is -1.30. The first-order valence-corrected chi connectivity index (χ1v) is 7.53. The first-order chi connectivity index (χ1) is 10.5. The minimum absolute atomic E-state index is 0.0108. The summed E-state index contributed by atoms with van der Waals surface area (Å²) in [7, 11) is 0. The lowest BCUT2D eigenvalue weighted by molar-refractivity contribution is -0.136. The molecule has 1 aliphatic heterocycles. The van der Waals surface area contributed by atoms with Crippen LogP contribution < -0.4 is 15.5 Å². The van der Waals surface area contributed by atoms with Crippen LogP contribution in [0.5, 0.6) is 0 Å². The minimum Gasteiger partial charge on any atom is -0.348 e. The van der Waals surface area contributed by atoms with Gasteiger partial charge in [-0.05, 0) is 43.0 Å². The van der Waals surface area contributed by atoms with E-state index in [4.69, 9.17) is 0 Å². The molecule has 6 heteroatoms. The summed E-state index contributed by atoms with van der Waals surface area (Å²) in [5.41, 5.74) is 2.46. The van der Waals surface area contributed by atoms with Gasteiger partial charge in [0.15, 0.2) is 0 Å². The molecule has 1 aliphatic rings. The molecule has 2 rings (SSSR count). The van der Waals surface area contributed by atoms with Gasteiger partial charge in [0, 0.05) is 31.4 Å². The Kier molecular flexibility index (Phi) is 5.14. The zero-order chi connectivity index (χ0) is 16.1. The van der Waals surface area contributed by atoms with Gasteiger partial charge in [-0.15, -0.1) is 0 Å². The van der Waals surface area contributed by atoms with E-state index in [9.17, 15) is 14.4 Å². The van der Waals surface area contributed by atoms with Crippen LogP contribution in [0.3, 0.4) is 0 Å². The normalized spacial score (nSPS) is 13.3. The van der Waals surface area contributed by atoms with Crippen LogP contribution in [0.1, 0.15) is 32.3 Å². The van der Waals surface area contributed by atoms with Gasteiger partial charge in [-0.2, -0.15) is 0 Å². The van der Waals surface area contributed by atoms with Crippen molar-refractivity contribution in [3.8, 4) is 0 Å². The molecule has 0 aromatic heterocycles. The van der Waals surface area contributed by atoms with Crippen LogP contribution in [0.4, 0.5) is 11.4 Å². The second-order valence-electron chi connectivity index (χ2n) is 5.33. The summed E-state index contributed by atoms with van der Waals surface area (Å²) >= 11 is 0. The Labute approximate surface area is 129 Å². The Balaban J connectivity index is 2.10. The van der Waals surface area contributed by atoms with Crippen LogP contribution in [-0.2, 0) is 20.8 Å². The second-order valence-corrected chi connectivity index (χ2v) is 5.33. The average molecular weight is 303 g/mol. The van der Waals surface area contributed by atoms with Gasteiger partial charge >= 0.3 is 11.8 Å². The van der Waals surface area contributed by atoms with Crippen molar-refractivity contribution in [3.63, 3.8) is 0 Å². The Hall–Kier alpha value is -2.37. The highest BCUT2D eigenvalue weighted by molar-refractivity contribution is 6.39. The van der Waals surface area contributed by atoms with E-state index in [1.165, 1.54) is 0 Å². The molecule has 0 radical (unpaired) electrons. The van der Waals surface area contributed by atoms with Gasteiger partial charge in [-0.25, -0.2) is 0 Å². The molecule has 0 atom stereocenters. The van der Waals surface area contributed by atoms with Crippen LogP contribution in [-0.4, -0.2) is 30.8 Å². The molecule has 22 heavy (non-hydrogen) atoms. The monoisotopic (exact) mass is 303 g/mol. The largest absolute Gasteiger partial charge is 0.348 e. The van der Waals surface area contributed by atoms with E-state index in [1.807, 2.05) is 19.1 Å². The summed E-state index contributed by atoms with van der Waals surface area (Å²) in [6, 6.07) is 5.36. The molecule has 0 aliphatic carbocycles. The van der Waals surface area contributed by atoms with Crippen molar-refractivity contribution in [1.29, 1.82) is 0 Å². The fourth-order valence-electron chi connectivity index (χ4n) is 2.51. The van der Waals surface area contributed by atoms with Crippen molar-refractivity contribution < 1.29 is 14.4 Å². The number of hydrogen-bond donors (Lipinski definition) is 2. The standard InChI is InChI=1S/C16H21N3O3/c1-3-8-17-15(21)16(22)18-13-6-7-14-12(10-13)5-4-9-19(14)11(2)20/h6-7,10H,3-5,8-9H2,1-2H3,(H,17,21)(H,18,22). The van der Waals surface area contributed by atoms with Gasteiger partial charge in [0.1, 0.15) is 0 Å². The van der Waals surface area contributed by atoms with E-state index >= 15 is 0 Å². The number of rotatable bonds is 3. The summed E-state index contributed by atoms with van der Waals surface area (Å²) < 4.78 is 0. The summed E-state index contributed by atoms with van der Waals surface area (Å²) in [4.78, 5) is 36.7. The number of anilines is 2. The predicted octanol–water partition coefficient (Wildman–Crippen LogP) is 1.45. The Morgan fingerprint density at radius 1 is 1.23 bits per heavy atom. The number of carbonyl (C=O) groups is 3.